The number of aromatic nitrogens is 1. The standard InChI is InChI=1S/C16H16N2O2/c1-18-8-13(16(19)20)12-6-10(18)5-9-7-17-14-4-2-3-11(12)15(9)14/h2-4,7-8,10,12,17H,5-6H2,1H3,(H,19,20)/t10-,12-/m0/s1. The lowest BCUT2D eigenvalue weighted by atomic mass is 9.83. The number of aromatic amines is 1. The monoisotopic (exact) mass is 268 g/mol. The number of rotatable bonds is 1. The van der Waals surface area contributed by atoms with E-state index >= 15 is 0 Å². The van der Waals surface area contributed by atoms with Gasteiger partial charge in [-0.25, -0.2) is 4.79 Å². The smallest absolute Gasteiger partial charge is 0.333 e. The predicted molar refractivity (Wildman–Crippen MR) is 76.6 cm³/mol. The molecule has 0 unspecified atom stereocenters. The van der Waals surface area contributed by atoms with Crippen molar-refractivity contribution in [1.82, 2.24) is 9.88 Å². The van der Waals surface area contributed by atoms with Crippen molar-refractivity contribution in [1.29, 1.82) is 0 Å². The van der Waals surface area contributed by atoms with Crippen molar-refractivity contribution in [2.75, 3.05) is 7.05 Å². The van der Waals surface area contributed by atoms with Gasteiger partial charge in [0.25, 0.3) is 0 Å². The van der Waals surface area contributed by atoms with Crippen molar-refractivity contribution >= 4 is 16.9 Å². The fourth-order valence-corrected chi connectivity index (χ4v) is 3.70. The van der Waals surface area contributed by atoms with Gasteiger partial charge in [0.15, 0.2) is 0 Å². The molecule has 0 saturated heterocycles. The highest BCUT2D eigenvalue weighted by molar-refractivity contribution is 5.93. The van der Waals surface area contributed by atoms with Gasteiger partial charge < -0.3 is 15.0 Å². The third-order valence-corrected chi connectivity index (χ3v) is 4.70. The summed E-state index contributed by atoms with van der Waals surface area (Å²) in [6.45, 7) is 0. The first kappa shape index (κ1) is 11.6. The summed E-state index contributed by atoms with van der Waals surface area (Å²) in [5.74, 6) is -0.814. The molecule has 2 aliphatic rings. The van der Waals surface area contributed by atoms with E-state index in [0.717, 1.165) is 23.9 Å². The van der Waals surface area contributed by atoms with Crippen molar-refractivity contribution in [2.45, 2.75) is 24.8 Å². The molecule has 4 heteroatoms. The molecule has 102 valence electrons. The average molecular weight is 268 g/mol. The Morgan fingerprint density at radius 2 is 2.30 bits per heavy atom. The quantitative estimate of drug-likeness (QED) is 0.835. The summed E-state index contributed by atoms with van der Waals surface area (Å²) in [4.78, 5) is 16.9. The molecule has 2 atom stereocenters. The Balaban J connectivity index is 2.01. The number of hydrogen-bond acceptors (Lipinski definition) is 2. The van der Waals surface area contributed by atoms with Crippen LogP contribution in [0.15, 0.2) is 36.2 Å². The largest absolute Gasteiger partial charge is 0.478 e. The number of likely N-dealkylation sites (N-methyl/N-ethyl adjacent to an activating group) is 1. The number of carbonyl (C=O) groups is 1. The molecule has 1 aliphatic heterocycles. The molecule has 2 aromatic rings. The molecule has 1 aromatic heterocycles. The van der Waals surface area contributed by atoms with E-state index in [2.05, 4.69) is 28.2 Å². The molecule has 0 radical (unpaired) electrons. The molecule has 2 heterocycles. The van der Waals surface area contributed by atoms with Crippen molar-refractivity contribution in [3.63, 3.8) is 0 Å². The minimum absolute atomic E-state index is 0.00514. The summed E-state index contributed by atoms with van der Waals surface area (Å²) in [6, 6.07) is 6.52. The predicted octanol–water partition coefficient (Wildman–Crippen LogP) is 2.48. The highest BCUT2D eigenvalue weighted by Gasteiger charge is 2.36. The molecule has 4 nitrogen and oxygen atoms in total. The molecule has 2 N–H and O–H groups in total. The Kier molecular flexibility index (Phi) is 2.25. The third kappa shape index (κ3) is 1.45. The van der Waals surface area contributed by atoms with Gasteiger partial charge in [-0.15, -0.1) is 0 Å². The lowest BCUT2D eigenvalue weighted by molar-refractivity contribution is -0.133. The van der Waals surface area contributed by atoms with E-state index in [0.29, 0.717) is 11.6 Å². The lowest BCUT2D eigenvalue weighted by Crippen LogP contribution is -2.36. The maximum Gasteiger partial charge on any atom is 0.333 e. The van der Waals surface area contributed by atoms with Crippen LogP contribution in [0.4, 0.5) is 0 Å². The Hall–Kier alpha value is -2.23. The van der Waals surface area contributed by atoms with Gasteiger partial charge in [-0.3, -0.25) is 0 Å². The van der Waals surface area contributed by atoms with Gasteiger partial charge >= 0.3 is 5.97 Å². The number of carboxylic acids is 1. The van der Waals surface area contributed by atoms with Gasteiger partial charge in [-0.1, -0.05) is 12.1 Å². The Bertz CT molecular complexity index is 744. The summed E-state index contributed by atoms with van der Waals surface area (Å²) in [6.07, 6.45) is 5.73. The first-order valence-corrected chi connectivity index (χ1v) is 6.91. The van der Waals surface area contributed by atoms with Crippen molar-refractivity contribution in [2.24, 2.45) is 0 Å². The second-order valence-corrected chi connectivity index (χ2v) is 5.79. The fourth-order valence-electron chi connectivity index (χ4n) is 3.70. The molecule has 1 aliphatic carbocycles. The molecule has 0 fully saturated rings. The summed E-state index contributed by atoms with van der Waals surface area (Å²) < 4.78 is 0. The molecular weight excluding hydrogens is 252 g/mol. The summed E-state index contributed by atoms with van der Waals surface area (Å²) in [5.41, 5.74) is 4.07. The topological polar surface area (TPSA) is 56.3 Å². The maximum absolute atomic E-state index is 11.6. The lowest BCUT2D eigenvalue weighted by Gasteiger charge is -2.34. The summed E-state index contributed by atoms with van der Waals surface area (Å²) in [5, 5.41) is 10.7. The number of carboxylic acid groups (broad SMARTS) is 1. The first-order valence-electron chi connectivity index (χ1n) is 6.91. The molecule has 0 amide bonds. The number of hydrogen-bond donors (Lipinski definition) is 2. The van der Waals surface area contributed by atoms with Crippen LogP contribution in [0.1, 0.15) is 23.5 Å². The first-order chi connectivity index (χ1) is 9.65. The van der Waals surface area contributed by atoms with Crippen LogP contribution >= 0.6 is 0 Å². The normalized spacial score (nSPS) is 24.4. The highest BCUT2D eigenvalue weighted by Crippen LogP contribution is 2.42. The van der Waals surface area contributed by atoms with E-state index in [-0.39, 0.29) is 5.92 Å². The number of nitrogens with one attached hydrogen (secondary N) is 1. The SMILES string of the molecule is CN1C=C(C(=O)O)[C@H]2C[C@@H]1Cc1c[nH]c3cccc2c13. The Morgan fingerprint density at radius 1 is 1.45 bits per heavy atom. The second kappa shape index (κ2) is 3.88. The van der Waals surface area contributed by atoms with Gasteiger partial charge in [0, 0.05) is 42.3 Å². The zero-order valence-electron chi connectivity index (χ0n) is 11.3. The van der Waals surface area contributed by atoms with Crippen LogP contribution in [0.3, 0.4) is 0 Å². The van der Waals surface area contributed by atoms with Crippen molar-refractivity contribution in [3.8, 4) is 0 Å². The minimum Gasteiger partial charge on any atom is -0.478 e. The molecule has 0 spiro atoms. The van der Waals surface area contributed by atoms with Gasteiger partial charge in [0.1, 0.15) is 0 Å². The van der Waals surface area contributed by atoms with Crippen molar-refractivity contribution in [3.05, 3.63) is 47.3 Å². The van der Waals surface area contributed by atoms with Gasteiger partial charge in [0.2, 0.25) is 0 Å². The minimum atomic E-state index is -0.809. The molecular formula is C16H16N2O2. The number of aliphatic carboxylic acids is 1. The van der Waals surface area contributed by atoms with Crippen LogP contribution in [-0.4, -0.2) is 34.0 Å². The van der Waals surface area contributed by atoms with E-state index < -0.39 is 5.97 Å². The number of benzene rings is 1. The van der Waals surface area contributed by atoms with Gasteiger partial charge in [0.05, 0.1) is 5.57 Å². The van der Waals surface area contributed by atoms with E-state index in [1.54, 1.807) is 0 Å². The Labute approximate surface area is 116 Å². The summed E-state index contributed by atoms with van der Waals surface area (Å²) in [7, 11) is 1.98. The van der Waals surface area contributed by atoms with Crippen molar-refractivity contribution < 1.29 is 9.90 Å². The Morgan fingerprint density at radius 3 is 3.10 bits per heavy atom. The second-order valence-electron chi connectivity index (χ2n) is 5.79. The van der Waals surface area contributed by atoms with Crippen LogP contribution in [0.2, 0.25) is 0 Å². The van der Waals surface area contributed by atoms with Crippen LogP contribution < -0.4 is 0 Å². The van der Waals surface area contributed by atoms with Crippen LogP contribution in [0, 0.1) is 0 Å². The fraction of sp³-hybridized carbons (Fsp3) is 0.312. The van der Waals surface area contributed by atoms with E-state index in [1.165, 1.54) is 10.9 Å². The number of H-pyrrole nitrogens is 1. The zero-order valence-corrected chi connectivity index (χ0v) is 11.3. The van der Waals surface area contributed by atoms with E-state index in [4.69, 9.17) is 0 Å². The highest BCUT2D eigenvalue weighted by atomic mass is 16.4. The molecule has 20 heavy (non-hydrogen) atoms. The van der Waals surface area contributed by atoms with E-state index in [9.17, 15) is 9.90 Å². The maximum atomic E-state index is 11.6. The number of nitrogens with zero attached hydrogens (tertiary/aromatic N) is 1. The summed E-state index contributed by atoms with van der Waals surface area (Å²) >= 11 is 0. The third-order valence-electron chi connectivity index (χ3n) is 4.70. The number of fused-ring (bicyclic) bond motifs is 3. The van der Waals surface area contributed by atoms with E-state index in [1.807, 2.05) is 19.3 Å². The molecule has 0 saturated carbocycles. The van der Waals surface area contributed by atoms with Crippen LogP contribution in [0.5, 0.6) is 0 Å². The zero-order chi connectivity index (χ0) is 13.9. The molecule has 4 rings (SSSR count). The van der Waals surface area contributed by atoms with Gasteiger partial charge in [-0.05, 0) is 30.0 Å². The van der Waals surface area contributed by atoms with Gasteiger partial charge in [-0.2, -0.15) is 0 Å². The van der Waals surface area contributed by atoms with Crippen LogP contribution in [0.25, 0.3) is 10.9 Å². The average Bonchev–Trinajstić information content (AvgIpc) is 2.77. The molecule has 1 aromatic carbocycles. The van der Waals surface area contributed by atoms with Crippen LogP contribution in [-0.2, 0) is 11.2 Å². The molecule has 2 bridgehead atoms.